The van der Waals surface area contributed by atoms with Gasteiger partial charge in [-0.1, -0.05) is 66.7 Å². The summed E-state index contributed by atoms with van der Waals surface area (Å²) in [6.07, 6.45) is 1.75. The number of rotatable bonds is 7. The Morgan fingerprint density at radius 3 is 2.45 bits per heavy atom. The maximum absolute atomic E-state index is 12.9. The van der Waals surface area contributed by atoms with E-state index in [0.29, 0.717) is 18.8 Å². The molecular formula is C25H22N2O2. The zero-order chi connectivity index (χ0) is 19.9. The van der Waals surface area contributed by atoms with Crippen molar-refractivity contribution in [1.29, 1.82) is 0 Å². The summed E-state index contributed by atoms with van der Waals surface area (Å²) < 4.78 is 5.92. The number of carbonyl (C=O) groups is 1. The van der Waals surface area contributed by atoms with Crippen LogP contribution in [0.5, 0.6) is 0 Å². The van der Waals surface area contributed by atoms with Crippen molar-refractivity contribution in [3.63, 3.8) is 0 Å². The van der Waals surface area contributed by atoms with Gasteiger partial charge in [-0.2, -0.15) is 0 Å². The minimum atomic E-state index is -0.239. The molecule has 1 heterocycles. The molecule has 4 nitrogen and oxygen atoms in total. The van der Waals surface area contributed by atoms with Crippen molar-refractivity contribution < 1.29 is 9.53 Å². The first-order valence-corrected chi connectivity index (χ1v) is 9.62. The second-order valence-corrected chi connectivity index (χ2v) is 6.85. The average molecular weight is 382 g/mol. The monoisotopic (exact) mass is 382 g/mol. The van der Waals surface area contributed by atoms with Crippen LogP contribution in [0, 0.1) is 0 Å². The molecule has 0 bridgehead atoms. The molecule has 3 aromatic carbocycles. The van der Waals surface area contributed by atoms with Gasteiger partial charge in [-0.15, -0.1) is 0 Å². The van der Waals surface area contributed by atoms with E-state index in [4.69, 9.17) is 4.74 Å². The van der Waals surface area contributed by atoms with Crippen LogP contribution >= 0.6 is 0 Å². The fraction of sp³-hybridized carbons (Fsp3) is 0.120. The number of benzene rings is 3. The summed E-state index contributed by atoms with van der Waals surface area (Å²) in [7, 11) is 0. The third-order valence-electron chi connectivity index (χ3n) is 4.77. The molecule has 29 heavy (non-hydrogen) atoms. The Kier molecular flexibility index (Phi) is 5.93. The van der Waals surface area contributed by atoms with Crippen LogP contribution in [0.4, 0.5) is 0 Å². The Balaban J connectivity index is 1.48. The van der Waals surface area contributed by atoms with Crippen LogP contribution in [0.3, 0.4) is 0 Å². The van der Waals surface area contributed by atoms with Gasteiger partial charge in [-0.25, -0.2) is 0 Å². The molecule has 1 atom stereocenters. The lowest BCUT2D eigenvalue weighted by molar-refractivity contribution is 0.0797. The molecule has 0 aliphatic rings. The summed E-state index contributed by atoms with van der Waals surface area (Å²) in [6.45, 7) is 0.890. The van der Waals surface area contributed by atoms with Crippen molar-refractivity contribution in [3.05, 3.63) is 114 Å². The molecule has 4 aromatic rings. The molecule has 0 saturated heterocycles. The number of fused-ring (bicyclic) bond motifs is 1. The first-order chi connectivity index (χ1) is 14.3. The van der Waals surface area contributed by atoms with Crippen molar-refractivity contribution in [2.75, 3.05) is 6.61 Å². The van der Waals surface area contributed by atoms with Crippen LogP contribution in [0.25, 0.3) is 10.9 Å². The lowest BCUT2D eigenvalue weighted by Crippen LogP contribution is -2.31. The van der Waals surface area contributed by atoms with E-state index in [9.17, 15) is 4.79 Å². The predicted molar refractivity (Wildman–Crippen MR) is 114 cm³/mol. The number of nitrogens with zero attached hydrogens (tertiary/aromatic N) is 1. The summed E-state index contributed by atoms with van der Waals surface area (Å²) in [5.41, 5.74) is 3.59. The summed E-state index contributed by atoms with van der Waals surface area (Å²) >= 11 is 0. The van der Waals surface area contributed by atoms with E-state index in [1.54, 1.807) is 12.3 Å². The van der Waals surface area contributed by atoms with Crippen LogP contribution in [-0.4, -0.2) is 17.5 Å². The minimum absolute atomic E-state index is 0.132. The molecule has 4 rings (SSSR count). The first kappa shape index (κ1) is 18.8. The van der Waals surface area contributed by atoms with Gasteiger partial charge in [0.15, 0.2) is 0 Å². The van der Waals surface area contributed by atoms with E-state index in [1.165, 1.54) is 0 Å². The molecule has 0 radical (unpaired) electrons. The highest BCUT2D eigenvalue weighted by Crippen LogP contribution is 2.17. The van der Waals surface area contributed by atoms with Crippen molar-refractivity contribution in [2.24, 2.45) is 0 Å². The Morgan fingerprint density at radius 1 is 0.897 bits per heavy atom. The third-order valence-corrected chi connectivity index (χ3v) is 4.77. The van der Waals surface area contributed by atoms with Crippen LogP contribution in [0.15, 0.2) is 97.2 Å². The highest BCUT2D eigenvalue weighted by molar-refractivity contribution is 5.98. The second-order valence-electron chi connectivity index (χ2n) is 6.85. The second kappa shape index (κ2) is 9.13. The van der Waals surface area contributed by atoms with Gasteiger partial charge in [-0.05, 0) is 35.4 Å². The number of hydrogen-bond donors (Lipinski definition) is 1. The molecule has 0 aliphatic carbocycles. The fourth-order valence-electron chi connectivity index (χ4n) is 3.23. The number of ether oxygens (including phenoxy) is 1. The van der Waals surface area contributed by atoms with E-state index in [0.717, 1.165) is 22.0 Å². The van der Waals surface area contributed by atoms with Crippen LogP contribution in [-0.2, 0) is 11.3 Å². The van der Waals surface area contributed by atoms with Gasteiger partial charge in [0.05, 0.1) is 24.8 Å². The normalized spacial score (nSPS) is 11.9. The van der Waals surface area contributed by atoms with Crippen LogP contribution in [0.2, 0.25) is 0 Å². The Hall–Kier alpha value is -3.50. The molecule has 0 aliphatic heterocycles. The number of hydrogen-bond acceptors (Lipinski definition) is 3. The highest BCUT2D eigenvalue weighted by atomic mass is 16.5. The summed E-state index contributed by atoms with van der Waals surface area (Å²) in [6, 6.07) is 29.0. The predicted octanol–water partition coefficient (Wildman–Crippen LogP) is 4.92. The maximum Gasteiger partial charge on any atom is 0.251 e. The van der Waals surface area contributed by atoms with Gasteiger partial charge in [-0.3, -0.25) is 9.78 Å². The zero-order valence-corrected chi connectivity index (χ0v) is 16.0. The number of amides is 1. The molecule has 4 heteroatoms. The molecule has 1 amide bonds. The topological polar surface area (TPSA) is 51.2 Å². The van der Waals surface area contributed by atoms with E-state index < -0.39 is 0 Å². The lowest BCUT2D eigenvalue weighted by atomic mass is 10.1. The summed E-state index contributed by atoms with van der Waals surface area (Å²) in [5.74, 6) is -0.132. The Bertz CT molecular complexity index is 1080. The van der Waals surface area contributed by atoms with E-state index >= 15 is 0 Å². The summed E-state index contributed by atoms with van der Waals surface area (Å²) in [5, 5.41) is 4.06. The van der Waals surface area contributed by atoms with Crippen LogP contribution in [0.1, 0.15) is 27.5 Å². The standard InChI is InChI=1S/C25H22N2O2/c28-25(22-13-14-23-21(16-22)12-7-15-26-23)27-24(20-10-5-2-6-11-20)18-29-17-19-8-3-1-4-9-19/h1-16,24H,17-18H2,(H,27,28). The van der Waals surface area contributed by atoms with Crippen molar-refractivity contribution in [1.82, 2.24) is 10.3 Å². The first-order valence-electron chi connectivity index (χ1n) is 9.62. The van der Waals surface area contributed by atoms with Gasteiger partial charge in [0.1, 0.15) is 0 Å². The number of aromatic nitrogens is 1. The van der Waals surface area contributed by atoms with E-state index in [-0.39, 0.29) is 11.9 Å². The molecule has 1 N–H and O–H groups in total. The lowest BCUT2D eigenvalue weighted by Gasteiger charge is -2.20. The van der Waals surface area contributed by atoms with E-state index in [1.807, 2.05) is 84.9 Å². The van der Waals surface area contributed by atoms with Gasteiger partial charge in [0.25, 0.3) is 5.91 Å². The minimum Gasteiger partial charge on any atom is -0.374 e. The largest absolute Gasteiger partial charge is 0.374 e. The smallest absolute Gasteiger partial charge is 0.251 e. The van der Waals surface area contributed by atoms with Gasteiger partial charge < -0.3 is 10.1 Å². The maximum atomic E-state index is 12.9. The van der Waals surface area contributed by atoms with Crippen molar-refractivity contribution >= 4 is 16.8 Å². The van der Waals surface area contributed by atoms with Crippen LogP contribution < -0.4 is 5.32 Å². The molecule has 0 spiro atoms. The van der Waals surface area contributed by atoms with Gasteiger partial charge >= 0.3 is 0 Å². The zero-order valence-electron chi connectivity index (χ0n) is 16.0. The quantitative estimate of drug-likeness (QED) is 0.493. The van der Waals surface area contributed by atoms with E-state index in [2.05, 4.69) is 10.3 Å². The summed E-state index contributed by atoms with van der Waals surface area (Å²) in [4.78, 5) is 17.2. The molecule has 1 unspecified atom stereocenters. The molecule has 144 valence electrons. The molecular weight excluding hydrogens is 360 g/mol. The van der Waals surface area contributed by atoms with Gasteiger partial charge in [0, 0.05) is 17.1 Å². The molecule has 0 saturated carbocycles. The number of pyridine rings is 1. The Morgan fingerprint density at radius 2 is 1.66 bits per heavy atom. The van der Waals surface area contributed by atoms with Gasteiger partial charge in [0.2, 0.25) is 0 Å². The SMILES string of the molecule is O=C(NC(COCc1ccccc1)c1ccccc1)c1ccc2ncccc2c1. The number of nitrogens with one attached hydrogen (secondary N) is 1. The molecule has 0 fully saturated rings. The van der Waals surface area contributed by atoms with Crippen molar-refractivity contribution in [2.45, 2.75) is 12.6 Å². The number of carbonyl (C=O) groups excluding carboxylic acids is 1. The highest BCUT2D eigenvalue weighted by Gasteiger charge is 2.16. The fourth-order valence-corrected chi connectivity index (χ4v) is 3.23. The molecule has 1 aromatic heterocycles. The Labute approximate surface area is 170 Å². The third kappa shape index (κ3) is 4.86. The average Bonchev–Trinajstić information content (AvgIpc) is 2.79. The van der Waals surface area contributed by atoms with Crippen molar-refractivity contribution in [3.8, 4) is 0 Å².